The molecule has 0 saturated carbocycles. The van der Waals surface area contributed by atoms with Gasteiger partial charge in [0.25, 0.3) is 0 Å². The van der Waals surface area contributed by atoms with Crippen molar-refractivity contribution in [3.8, 4) is 0 Å². The maximum atomic E-state index is 11.2. The quantitative estimate of drug-likeness (QED) is 0.350. The molecule has 6 heteroatoms. The summed E-state index contributed by atoms with van der Waals surface area (Å²) >= 11 is 0. The van der Waals surface area contributed by atoms with Gasteiger partial charge in [0.05, 0.1) is 12.6 Å². The van der Waals surface area contributed by atoms with Crippen LogP contribution in [0.2, 0.25) is 0 Å². The van der Waals surface area contributed by atoms with E-state index in [0.717, 1.165) is 0 Å². The van der Waals surface area contributed by atoms with Gasteiger partial charge in [0, 0.05) is 10.5 Å². The molecule has 0 aliphatic carbocycles. The number of benzene rings is 1. The molecule has 0 amide bonds. The minimum atomic E-state index is -1.19. The van der Waals surface area contributed by atoms with Crippen molar-refractivity contribution in [2.75, 3.05) is 6.54 Å². The van der Waals surface area contributed by atoms with Gasteiger partial charge in [0.15, 0.2) is 5.78 Å². The molecule has 0 fully saturated rings. The molecule has 1 aromatic carbocycles. The molecular weight excluding hydrogens is 222 g/mol. The number of Topliss-reactive ketones (excluding diaryl/α,β-unsaturated/α-hetero) is 1. The summed E-state index contributed by atoms with van der Waals surface area (Å²) in [5.74, 6) is -0.122. The van der Waals surface area contributed by atoms with Crippen LogP contribution in [0, 0.1) is 0 Å². The van der Waals surface area contributed by atoms with E-state index < -0.39 is 12.2 Å². The van der Waals surface area contributed by atoms with Crippen LogP contribution in [-0.2, 0) is 0 Å². The minimum Gasteiger partial charge on any atom is -0.390 e. The van der Waals surface area contributed by atoms with Gasteiger partial charge in [-0.1, -0.05) is 23.3 Å². The fourth-order valence-electron chi connectivity index (χ4n) is 1.38. The Balaban J connectivity index is 2.87. The molecule has 0 aromatic heterocycles. The zero-order valence-electron chi connectivity index (χ0n) is 9.32. The second kappa shape index (κ2) is 6.00. The molecule has 0 saturated heterocycles. The number of carbonyl (C=O) groups is 1. The highest BCUT2D eigenvalue weighted by Gasteiger charge is 2.18. The first-order valence-electron chi connectivity index (χ1n) is 5.04. The Morgan fingerprint density at radius 3 is 2.82 bits per heavy atom. The summed E-state index contributed by atoms with van der Waals surface area (Å²) in [6.07, 6.45) is -2.37. The van der Waals surface area contributed by atoms with Crippen molar-refractivity contribution in [1.82, 2.24) is 0 Å². The lowest BCUT2D eigenvalue weighted by molar-refractivity contribution is 0.0244. The van der Waals surface area contributed by atoms with Crippen LogP contribution in [0.1, 0.15) is 28.9 Å². The van der Waals surface area contributed by atoms with Gasteiger partial charge in [0.2, 0.25) is 0 Å². The Hall–Kier alpha value is -1.88. The first-order chi connectivity index (χ1) is 8.06. The second-order valence-corrected chi connectivity index (χ2v) is 3.61. The summed E-state index contributed by atoms with van der Waals surface area (Å²) in [6, 6.07) is 6.34. The number of nitrogens with zero attached hydrogens (tertiary/aromatic N) is 3. The highest BCUT2D eigenvalue weighted by atomic mass is 16.3. The summed E-state index contributed by atoms with van der Waals surface area (Å²) in [6.45, 7) is 1.20. The maximum Gasteiger partial charge on any atom is 0.159 e. The van der Waals surface area contributed by atoms with E-state index in [1.807, 2.05) is 0 Å². The molecule has 0 radical (unpaired) electrons. The molecule has 1 rings (SSSR count). The molecule has 2 N–H and O–H groups in total. The first kappa shape index (κ1) is 13.2. The largest absolute Gasteiger partial charge is 0.390 e. The summed E-state index contributed by atoms with van der Waals surface area (Å²) in [5, 5.41) is 22.5. The lowest BCUT2D eigenvalue weighted by Gasteiger charge is -2.16. The number of aliphatic hydroxyl groups is 2. The van der Waals surface area contributed by atoms with Crippen LogP contribution in [-0.4, -0.2) is 28.6 Å². The van der Waals surface area contributed by atoms with Gasteiger partial charge >= 0.3 is 0 Å². The van der Waals surface area contributed by atoms with Gasteiger partial charge < -0.3 is 10.2 Å². The summed E-state index contributed by atoms with van der Waals surface area (Å²) in [5.41, 5.74) is 8.98. The third kappa shape index (κ3) is 3.57. The molecule has 17 heavy (non-hydrogen) atoms. The number of ketones is 1. The molecule has 2 atom stereocenters. The highest BCUT2D eigenvalue weighted by molar-refractivity contribution is 5.94. The summed E-state index contributed by atoms with van der Waals surface area (Å²) < 4.78 is 0. The molecule has 0 spiro atoms. The van der Waals surface area contributed by atoms with Crippen molar-refractivity contribution >= 4 is 5.78 Å². The molecule has 2 unspecified atom stereocenters. The van der Waals surface area contributed by atoms with Crippen LogP contribution in [0.25, 0.3) is 10.4 Å². The second-order valence-electron chi connectivity index (χ2n) is 3.61. The SMILES string of the molecule is CC(=O)c1cccc(C(O)C(O)CN=[N+]=[N-])c1. The van der Waals surface area contributed by atoms with Crippen LogP contribution in [0.5, 0.6) is 0 Å². The number of carbonyl (C=O) groups excluding carboxylic acids is 1. The van der Waals surface area contributed by atoms with Crippen LogP contribution in [0.3, 0.4) is 0 Å². The van der Waals surface area contributed by atoms with Crippen LogP contribution in [0.4, 0.5) is 0 Å². The molecule has 6 nitrogen and oxygen atoms in total. The van der Waals surface area contributed by atoms with Crippen molar-refractivity contribution < 1.29 is 15.0 Å². The van der Waals surface area contributed by atoms with Crippen LogP contribution in [0.15, 0.2) is 29.4 Å². The lowest BCUT2D eigenvalue weighted by atomic mass is 10.0. The first-order valence-corrected chi connectivity index (χ1v) is 5.04. The Morgan fingerprint density at radius 2 is 2.24 bits per heavy atom. The van der Waals surface area contributed by atoms with E-state index in [-0.39, 0.29) is 12.3 Å². The fourth-order valence-corrected chi connectivity index (χ4v) is 1.38. The van der Waals surface area contributed by atoms with Crippen molar-refractivity contribution in [1.29, 1.82) is 0 Å². The van der Waals surface area contributed by atoms with Crippen molar-refractivity contribution in [3.63, 3.8) is 0 Å². The van der Waals surface area contributed by atoms with Gasteiger partial charge in [-0.2, -0.15) is 0 Å². The average molecular weight is 235 g/mol. The molecule has 0 aliphatic rings. The van der Waals surface area contributed by atoms with E-state index in [1.54, 1.807) is 18.2 Å². The Morgan fingerprint density at radius 1 is 1.53 bits per heavy atom. The zero-order valence-corrected chi connectivity index (χ0v) is 9.32. The average Bonchev–Trinajstić information content (AvgIpc) is 2.35. The molecule has 0 heterocycles. The minimum absolute atomic E-state index is 0.122. The van der Waals surface area contributed by atoms with Gasteiger partial charge in [0.1, 0.15) is 6.10 Å². The smallest absolute Gasteiger partial charge is 0.159 e. The van der Waals surface area contributed by atoms with E-state index in [4.69, 9.17) is 5.53 Å². The van der Waals surface area contributed by atoms with Crippen LogP contribution < -0.4 is 0 Å². The normalized spacial score (nSPS) is 13.6. The van der Waals surface area contributed by atoms with E-state index in [2.05, 4.69) is 10.0 Å². The maximum absolute atomic E-state index is 11.2. The predicted octanol–water partition coefficient (Wildman–Crippen LogP) is 1.59. The third-order valence-electron chi connectivity index (χ3n) is 2.33. The Bertz CT molecular complexity index is 455. The number of rotatable bonds is 5. The molecular formula is C11H13N3O3. The van der Waals surface area contributed by atoms with Gasteiger partial charge in [-0.05, 0) is 24.1 Å². The monoisotopic (exact) mass is 235 g/mol. The number of hydrogen-bond acceptors (Lipinski definition) is 4. The molecule has 1 aromatic rings. The Labute approximate surface area is 98.1 Å². The van der Waals surface area contributed by atoms with Gasteiger partial charge in [-0.15, -0.1) is 0 Å². The van der Waals surface area contributed by atoms with E-state index >= 15 is 0 Å². The summed E-state index contributed by atoms with van der Waals surface area (Å²) in [7, 11) is 0. The molecule has 90 valence electrons. The molecule has 0 aliphatic heterocycles. The predicted molar refractivity (Wildman–Crippen MR) is 61.4 cm³/mol. The lowest BCUT2D eigenvalue weighted by Crippen LogP contribution is -2.21. The number of azide groups is 1. The van der Waals surface area contributed by atoms with Crippen molar-refractivity contribution in [2.24, 2.45) is 5.11 Å². The Kier molecular flexibility index (Phi) is 4.66. The number of hydrogen-bond donors (Lipinski definition) is 2. The fraction of sp³-hybridized carbons (Fsp3) is 0.364. The van der Waals surface area contributed by atoms with E-state index in [1.165, 1.54) is 13.0 Å². The van der Waals surface area contributed by atoms with Crippen LogP contribution >= 0.6 is 0 Å². The van der Waals surface area contributed by atoms with Gasteiger partial charge in [-0.25, -0.2) is 0 Å². The van der Waals surface area contributed by atoms with Crippen molar-refractivity contribution in [3.05, 3.63) is 45.8 Å². The third-order valence-corrected chi connectivity index (χ3v) is 2.33. The summed E-state index contributed by atoms with van der Waals surface area (Å²) in [4.78, 5) is 13.6. The van der Waals surface area contributed by atoms with E-state index in [0.29, 0.717) is 11.1 Å². The number of aliphatic hydroxyl groups excluding tert-OH is 2. The van der Waals surface area contributed by atoms with Gasteiger partial charge in [-0.3, -0.25) is 4.79 Å². The molecule has 0 bridgehead atoms. The van der Waals surface area contributed by atoms with E-state index in [9.17, 15) is 15.0 Å². The topological polar surface area (TPSA) is 106 Å². The standard InChI is InChI=1S/C11H13N3O3/c1-7(15)8-3-2-4-9(5-8)11(17)10(16)6-13-14-12/h2-5,10-11,16-17H,6H2,1H3. The highest BCUT2D eigenvalue weighted by Crippen LogP contribution is 2.18. The van der Waals surface area contributed by atoms with Crippen molar-refractivity contribution in [2.45, 2.75) is 19.1 Å². The zero-order chi connectivity index (χ0) is 12.8.